The number of benzene rings is 5. The third kappa shape index (κ3) is 5.95. The van der Waals surface area contributed by atoms with Gasteiger partial charge in [-0.05, 0) is 52.4 Å². The summed E-state index contributed by atoms with van der Waals surface area (Å²) in [4.78, 5) is 4.80. The number of hydrogen-bond donors (Lipinski definition) is 0. The fraction of sp³-hybridized carbons (Fsp3) is 0.108. The van der Waals surface area contributed by atoms with Gasteiger partial charge in [0.2, 0.25) is 12.5 Å². The van der Waals surface area contributed by atoms with E-state index in [1.54, 1.807) is 6.20 Å². The molecule has 212 valence electrons. The Kier molecular flexibility index (Phi) is 7.47. The lowest BCUT2D eigenvalue weighted by atomic mass is 10.0. The molecule has 7 rings (SSSR count). The molecule has 0 spiro atoms. The van der Waals surface area contributed by atoms with E-state index in [2.05, 4.69) is 0 Å². The van der Waals surface area contributed by atoms with Crippen LogP contribution >= 0.6 is 0 Å². The van der Waals surface area contributed by atoms with E-state index in [-0.39, 0.29) is 6.79 Å². The van der Waals surface area contributed by atoms with Gasteiger partial charge in [-0.25, -0.2) is 0 Å². The molecule has 0 atom stereocenters. The summed E-state index contributed by atoms with van der Waals surface area (Å²) in [6, 6.07) is 40.1. The third-order valence-corrected chi connectivity index (χ3v) is 7.25. The number of ether oxygens (including phenoxy) is 5. The molecule has 2 heterocycles. The van der Waals surface area contributed by atoms with E-state index in [4.69, 9.17) is 28.7 Å². The Hall–Kier alpha value is -5.49. The summed E-state index contributed by atoms with van der Waals surface area (Å²) in [5, 5.41) is 1.94. The first-order valence-corrected chi connectivity index (χ1v) is 14.2. The zero-order valence-corrected chi connectivity index (χ0v) is 23.4. The minimum Gasteiger partial charge on any atom is -0.485 e. The van der Waals surface area contributed by atoms with Crippen LogP contribution in [0.25, 0.3) is 22.0 Å². The maximum Gasteiger partial charge on any atom is 0.231 e. The summed E-state index contributed by atoms with van der Waals surface area (Å²) in [6.45, 7) is 1.30. The molecule has 0 saturated carbocycles. The molecule has 5 aromatic carbocycles. The molecular weight excluding hydrogens is 538 g/mol. The van der Waals surface area contributed by atoms with Gasteiger partial charge in [0.25, 0.3) is 0 Å². The van der Waals surface area contributed by atoms with Crippen molar-refractivity contribution in [2.75, 3.05) is 6.79 Å². The first kappa shape index (κ1) is 26.4. The second kappa shape index (κ2) is 12.2. The zero-order chi connectivity index (χ0) is 28.8. The Balaban J connectivity index is 1.33. The first-order valence-electron chi connectivity index (χ1n) is 14.2. The molecule has 6 nitrogen and oxygen atoms in total. The van der Waals surface area contributed by atoms with Crippen LogP contribution in [0.15, 0.2) is 128 Å². The van der Waals surface area contributed by atoms with Crippen LogP contribution in [-0.4, -0.2) is 11.8 Å². The van der Waals surface area contributed by atoms with E-state index in [0.29, 0.717) is 42.8 Å². The van der Waals surface area contributed by atoms with Crippen LogP contribution in [0.2, 0.25) is 0 Å². The molecule has 0 N–H and O–H groups in total. The van der Waals surface area contributed by atoms with E-state index < -0.39 is 0 Å². The van der Waals surface area contributed by atoms with Crippen molar-refractivity contribution >= 4 is 10.8 Å². The normalized spacial score (nSPS) is 11.8. The van der Waals surface area contributed by atoms with E-state index in [1.807, 2.05) is 121 Å². The predicted molar refractivity (Wildman–Crippen MR) is 166 cm³/mol. The zero-order valence-electron chi connectivity index (χ0n) is 23.4. The second-order valence-corrected chi connectivity index (χ2v) is 10.2. The monoisotopic (exact) mass is 567 g/mol. The van der Waals surface area contributed by atoms with Crippen LogP contribution in [0.1, 0.15) is 16.7 Å². The Bertz CT molecular complexity index is 1780. The number of fused-ring (bicyclic) bond motifs is 2. The van der Waals surface area contributed by atoms with Gasteiger partial charge in [-0.15, -0.1) is 0 Å². The van der Waals surface area contributed by atoms with Gasteiger partial charge in [0.1, 0.15) is 19.8 Å². The number of nitrogens with zero attached hydrogens (tertiary/aromatic N) is 1. The molecule has 0 bridgehead atoms. The van der Waals surface area contributed by atoms with Crippen molar-refractivity contribution in [3.8, 4) is 40.0 Å². The van der Waals surface area contributed by atoms with Gasteiger partial charge < -0.3 is 23.7 Å². The molecule has 6 heteroatoms. The quantitative estimate of drug-likeness (QED) is 0.166. The lowest BCUT2D eigenvalue weighted by Crippen LogP contribution is -2.05. The van der Waals surface area contributed by atoms with Crippen LogP contribution in [0, 0.1) is 0 Å². The number of pyridine rings is 1. The van der Waals surface area contributed by atoms with E-state index >= 15 is 0 Å². The minimum absolute atomic E-state index is 0.205. The molecule has 0 fully saturated rings. The smallest absolute Gasteiger partial charge is 0.231 e. The molecule has 0 radical (unpaired) electrons. The highest BCUT2D eigenvalue weighted by Crippen LogP contribution is 2.45. The maximum absolute atomic E-state index is 6.48. The molecule has 6 aromatic rings. The molecule has 0 amide bonds. The van der Waals surface area contributed by atoms with Gasteiger partial charge in [-0.2, -0.15) is 0 Å². The standard InChI is InChI=1S/C37H29NO5/c1-4-10-26(11-5-1)22-39-34-19-30(36-31-21-33-32(42-25-43-33)18-29(31)16-17-38-36)20-35(40-23-27-12-6-2-7-13-27)37(34)41-24-28-14-8-3-9-15-28/h1-21H,22-25H2. The number of rotatable bonds is 10. The minimum atomic E-state index is 0.205. The predicted octanol–water partition coefficient (Wildman–Crippen LogP) is 8.37. The molecule has 1 aliphatic rings. The molecule has 1 aliphatic heterocycles. The first-order chi connectivity index (χ1) is 21.3. The van der Waals surface area contributed by atoms with Crippen molar-refractivity contribution in [2.45, 2.75) is 19.8 Å². The average molecular weight is 568 g/mol. The van der Waals surface area contributed by atoms with Crippen molar-refractivity contribution in [3.63, 3.8) is 0 Å². The van der Waals surface area contributed by atoms with Gasteiger partial charge in [0, 0.05) is 17.1 Å². The largest absolute Gasteiger partial charge is 0.485 e. The summed E-state index contributed by atoms with van der Waals surface area (Å²) in [6.07, 6.45) is 1.80. The van der Waals surface area contributed by atoms with Crippen molar-refractivity contribution in [1.82, 2.24) is 4.98 Å². The highest BCUT2D eigenvalue weighted by molar-refractivity contribution is 5.97. The Labute approximate surface area is 250 Å². The SMILES string of the molecule is c1ccc(COc2cc(-c3nccc4cc5c(cc34)OCO5)cc(OCc3ccccc3)c2OCc2ccccc2)cc1. The average Bonchev–Trinajstić information content (AvgIpc) is 3.53. The van der Waals surface area contributed by atoms with Crippen molar-refractivity contribution < 1.29 is 23.7 Å². The second-order valence-electron chi connectivity index (χ2n) is 10.2. The highest BCUT2D eigenvalue weighted by atomic mass is 16.7. The van der Waals surface area contributed by atoms with Gasteiger partial charge >= 0.3 is 0 Å². The topological polar surface area (TPSA) is 59.0 Å². The fourth-order valence-corrected chi connectivity index (χ4v) is 5.06. The molecular formula is C37H29NO5. The van der Waals surface area contributed by atoms with E-state index in [9.17, 15) is 0 Å². The van der Waals surface area contributed by atoms with Crippen LogP contribution in [0.3, 0.4) is 0 Å². The van der Waals surface area contributed by atoms with Crippen LogP contribution in [-0.2, 0) is 19.8 Å². The van der Waals surface area contributed by atoms with Crippen LogP contribution in [0.5, 0.6) is 28.7 Å². The van der Waals surface area contributed by atoms with Gasteiger partial charge in [0.15, 0.2) is 23.0 Å². The Morgan fingerprint density at radius 2 is 1.07 bits per heavy atom. The molecule has 0 saturated heterocycles. The lowest BCUT2D eigenvalue weighted by Gasteiger charge is -2.19. The molecule has 0 aliphatic carbocycles. The van der Waals surface area contributed by atoms with E-state index in [1.165, 1.54) is 0 Å². The van der Waals surface area contributed by atoms with Crippen molar-refractivity contribution in [3.05, 3.63) is 144 Å². The third-order valence-electron chi connectivity index (χ3n) is 7.25. The van der Waals surface area contributed by atoms with Crippen molar-refractivity contribution in [2.24, 2.45) is 0 Å². The summed E-state index contributed by atoms with van der Waals surface area (Å²) in [5.74, 6) is 3.11. The fourth-order valence-electron chi connectivity index (χ4n) is 5.06. The van der Waals surface area contributed by atoms with Crippen LogP contribution in [0.4, 0.5) is 0 Å². The van der Waals surface area contributed by atoms with E-state index in [0.717, 1.165) is 44.5 Å². The number of hydrogen-bond acceptors (Lipinski definition) is 6. The summed E-state index contributed by atoms with van der Waals surface area (Å²) >= 11 is 0. The van der Waals surface area contributed by atoms with Crippen LogP contribution < -0.4 is 23.7 Å². The number of aromatic nitrogens is 1. The maximum atomic E-state index is 6.48. The van der Waals surface area contributed by atoms with Crippen molar-refractivity contribution in [1.29, 1.82) is 0 Å². The Morgan fingerprint density at radius 3 is 1.63 bits per heavy atom. The summed E-state index contributed by atoms with van der Waals surface area (Å²) in [5.41, 5.74) is 4.75. The molecule has 1 aromatic heterocycles. The Morgan fingerprint density at radius 1 is 0.558 bits per heavy atom. The van der Waals surface area contributed by atoms with Gasteiger partial charge in [-0.1, -0.05) is 91.0 Å². The molecule has 43 heavy (non-hydrogen) atoms. The summed E-state index contributed by atoms with van der Waals surface area (Å²) in [7, 11) is 0. The molecule has 0 unspecified atom stereocenters. The van der Waals surface area contributed by atoms with Gasteiger partial charge in [-0.3, -0.25) is 4.98 Å². The van der Waals surface area contributed by atoms with Gasteiger partial charge in [0.05, 0.1) is 5.69 Å². The lowest BCUT2D eigenvalue weighted by molar-refractivity contribution is 0.174. The highest BCUT2D eigenvalue weighted by Gasteiger charge is 2.21. The summed E-state index contributed by atoms with van der Waals surface area (Å²) < 4.78 is 30.7.